The number of benzene rings is 2. The van der Waals surface area contributed by atoms with Crippen molar-refractivity contribution in [3.8, 4) is 0 Å². The van der Waals surface area contributed by atoms with Crippen LogP contribution < -0.4 is 0 Å². The molecule has 17 heavy (non-hydrogen) atoms. The summed E-state index contributed by atoms with van der Waals surface area (Å²) in [6, 6.07) is 16.7. The Labute approximate surface area is 103 Å². The highest BCUT2D eigenvalue weighted by atomic mass is 14.1. The van der Waals surface area contributed by atoms with E-state index < -0.39 is 0 Å². The molecule has 0 nitrogen and oxygen atoms in total. The van der Waals surface area contributed by atoms with Gasteiger partial charge in [0.15, 0.2) is 0 Å². The van der Waals surface area contributed by atoms with E-state index in [1.807, 2.05) is 24.3 Å². The first-order chi connectivity index (χ1) is 8.35. The second kappa shape index (κ2) is 5.31. The van der Waals surface area contributed by atoms with Gasteiger partial charge >= 0.3 is 0 Å². The van der Waals surface area contributed by atoms with Gasteiger partial charge in [0.2, 0.25) is 0 Å². The first kappa shape index (κ1) is 11.4. The highest BCUT2D eigenvalue weighted by Crippen LogP contribution is 2.18. The molecule has 0 saturated heterocycles. The maximum atomic E-state index is 3.86. The highest BCUT2D eigenvalue weighted by molar-refractivity contribution is 5.56. The van der Waals surface area contributed by atoms with Crippen molar-refractivity contribution in [1.82, 2.24) is 0 Å². The topological polar surface area (TPSA) is 0 Å². The molecule has 0 aromatic heterocycles. The number of hydrogen-bond donors (Lipinski definition) is 0. The van der Waals surface area contributed by atoms with Gasteiger partial charge in [-0.15, -0.1) is 0 Å². The van der Waals surface area contributed by atoms with Gasteiger partial charge in [-0.2, -0.15) is 0 Å². The van der Waals surface area contributed by atoms with Crippen LogP contribution in [-0.2, 0) is 6.42 Å². The molecular formula is C17H16. The van der Waals surface area contributed by atoms with Gasteiger partial charge in [0.25, 0.3) is 0 Å². The smallest absolute Gasteiger partial charge is 0.00139 e. The molecule has 0 spiro atoms. The molecule has 0 heteroatoms. The van der Waals surface area contributed by atoms with Crippen molar-refractivity contribution in [2.24, 2.45) is 0 Å². The zero-order chi connectivity index (χ0) is 12.1. The van der Waals surface area contributed by atoms with Crippen molar-refractivity contribution < 1.29 is 0 Å². The molecule has 2 aromatic carbocycles. The van der Waals surface area contributed by atoms with Crippen molar-refractivity contribution in [2.45, 2.75) is 6.42 Å². The van der Waals surface area contributed by atoms with Crippen LogP contribution in [0.2, 0.25) is 0 Å². The molecule has 2 aromatic rings. The molecule has 0 aliphatic heterocycles. The van der Waals surface area contributed by atoms with Gasteiger partial charge in [0.1, 0.15) is 0 Å². The van der Waals surface area contributed by atoms with E-state index >= 15 is 0 Å². The van der Waals surface area contributed by atoms with Gasteiger partial charge in [0.05, 0.1) is 0 Å². The van der Waals surface area contributed by atoms with E-state index in [1.54, 1.807) is 0 Å². The molecule has 0 bridgehead atoms. The Bertz CT molecular complexity index is 486. The van der Waals surface area contributed by atoms with Crippen LogP contribution in [-0.4, -0.2) is 0 Å². The molecule has 84 valence electrons. The molecular weight excluding hydrogens is 204 g/mol. The summed E-state index contributed by atoms with van der Waals surface area (Å²) in [4.78, 5) is 0. The maximum Gasteiger partial charge on any atom is -0.00139 e. The quantitative estimate of drug-likeness (QED) is 0.708. The third-order valence-corrected chi connectivity index (χ3v) is 2.93. The van der Waals surface area contributed by atoms with Gasteiger partial charge in [-0.1, -0.05) is 73.8 Å². The van der Waals surface area contributed by atoms with E-state index in [4.69, 9.17) is 0 Å². The Morgan fingerprint density at radius 1 is 0.706 bits per heavy atom. The third-order valence-electron chi connectivity index (χ3n) is 2.93. The van der Waals surface area contributed by atoms with Crippen molar-refractivity contribution in [3.63, 3.8) is 0 Å². The largest absolute Gasteiger partial charge is 0.0985 e. The van der Waals surface area contributed by atoms with Crippen LogP contribution in [0.3, 0.4) is 0 Å². The van der Waals surface area contributed by atoms with E-state index in [0.717, 1.165) is 6.42 Å². The second-order valence-electron chi connectivity index (χ2n) is 3.98. The van der Waals surface area contributed by atoms with Crippen molar-refractivity contribution in [3.05, 3.63) is 83.9 Å². The van der Waals surface area contributed by atoms with Crippen LogP contribution >= 0.6 is 0 Å². The molecule has 0 atom stereocenters. The monoisotopic (exact) mass is 220 g/mol. The SMILES string of the molecule is C=Cc1ccccc1Cc1ccccc1C=C. The van der Waals surface area contributed by atoms with Crippen LogP contribution in [0.1, 0.15) is 22.3 Å². The zero-order valence-electron chi connectivity index (χ0n) is 9.89. The normalized spacial score (nSPS) is 9.88. The summed E-state index contributed by atoms with van der Waals surface area (Å²) in [5, 5.41) is 0. The minimum absolute atomic E-state index is 0.921. The van der Waals surface area contributed by atoms with E-state index in [-0.39, 0.29) is 0 Å². The van der Waals surface area contributed by atoms with Crippen LogP contribution in [0.4, 0.5) is 0 Å². The Balaban J connectivity index is 2.37. The standard InChI is InChI=1S/C17H16/c1-3-14-9-5-7-11-16(14)13-17-12-8-6-10-15(17)4-2/h3-12H,1-2,13H2. The van der Waals surface area contributed by atoms with Crippen molar-refractivity contribution in [1.29, 1.82) is 0 Å². The molecule has 0 aliphatic carbocycles. The van der Waals surface area contributed by atoms with Gasteiger partial charge in [-0.25, -0.2) is 0 Å². The molecule has 0 amide bonds. The summed E-state index contributed by atoms with van der Waals surface area (Å²) >= 11 is 0. The van der Waals surface area contributed by atoms with Gasteiger partial charge in [-0.3, -0.25) is 0 Å². The van der Waals surface area contributed by atoms with E-state index in [9.17, 15) is 0 Å². The van der Waals surface area contributed by atoms with E-state index in [1.165, 1.54) is 22.3 Å². The summed E-state index contributed by atoms with van der Waals surface area (Å²) in [7, 11) is 0. The van der Waals surface area contributed by atoms with Crippen LogP contribution in [0.25, 0.3) is 12.2 Å². The maximum absolute atomic E-state index is 3.86. The predicted octanol–water partition coefficient (Wildman–Crippen LogP) is 4.56. The van der Waals surface area contributed by atoms with Crippen molar-refractivity contribution >= 4 is 12.2 Å². The summed E-state index contributed by atoms with van der Waals surface area (Å²) in [5.41, 5.74) is 5.01. The fraction of sp³-hybridized carbons (Fsp3) is 0.0588. The number of hydrogen-bond acceptors (Lipinski definition) is 0. The van der Waals surface area contributed by atoms with Gasteiger partial charge in [0, 0.05) is 0 Å². The summed E-state index contributed by atoms with van der Waals surface area (Å²) < 4.78 is 0. The first-order valence-corrected chi connectivity index (χ1v) is 5.76. The predicted molar refractivity (Wildman–Crippen MR) is 75.9 cm³/mol. The fourth-order valence-electron chi connectivity index (χ4n) is 1.99. The Morgan fingerprint density at radius 3 is 1.53 bits per heavy atom. The molecule has 0 N–H and O–H groups in total. The summed E-state index contributed by atoms with van der Waals surface area (Å²) in [6.45, 7) is 7.71. The second-order valence-corrected chi connectivity index (χ2v) is 3.98. The summed E-state index contributed by atoms with van der Waals surface area (Å²) in [6.07, 6.45) is 4.74. The molecule has 2 rings (SSSR count). The third kappa shape index (κ3) is 2.54. The van der Waals surface area contributed by atoms with E-state index in [2.05, 4.69) is 49.6 Å². The molecule has 0 unspecified atom stereocenters. The Morgan fingerprint density at radius 2 is 1.12 bits per heavy atom. The molecule has 0 heterocycles. The minimum atomic E-state index is 0.921. The Kier molecular flexibility index (Phi) is 3.56. The molecule has 0 aliphatic rings. The number of rotatable bonds is 4. The minimum Gasteiger partial charge on any atom is -0.0985 e. The fourth-order valence-corrected chi connectivity index (χ4v) is 1.99. The highest BCUT2D eigenvalue weighted by Gasteiger charge is 2.02. The average Bonchev–Trinajstić information content (AvgIpc) is 2.40. The molecule has 0 fully saturated rings. The molecule has 0 saturated carbocycles. The average molecular weight is 220 g/mol. The zero-order valence-corrected chi connectivity index (χ0v) is 9.89. The lowest BCUT2D eigenvalue weighted by Crippen LogP contribution is -1.93. The lowest BCUT2D eigenvalue weighted by Gasteiger charge is -2.08. The Hall–Kier alpha value is -2.08. The molecule has 0 radical (unpaired) electrons. The van der Waals surface area contributed by atoms with Gasteiger partial charge < -0.3 is 0 Å². The lowest BCUT2D eigenvalue weighted by molar-refractivity contribution is 1.18. The van der Waals surface area contributed by atoms with Crippen LogP contribution in [0.15, 0.2) is 61.7 Å². The summed E-state index contributed by atoms with van der Waals surface area (Å²) in [5.74, 6) is 0. The van der Waals surface area contributed by atoms with Gasteiger partial charge in [-0.05, 0) is 28.7 Å². The van der Waals surface area contributed by atoms with Crippen LogP contribution in [0, 0.1) is 0 Å². The van der Waals surface area contributed by atoms with E-state index in [0.29, 0.717) is 0 Å². The van der Waals surface area contributed by atoms with Crippen LogP contribution in [0.5, 0.6) is 0 Å². The lowest BCUT2D eigenvalue weighted by atomic mass is 9.96. The van der Waals surface area contributed by atoms with Crippen molar-refractivity contribution in [2.75, 3.05) is 0 Å². The first-order valence-electron chi connectivity index (χ1n) is 5.76.